The van der Waals surface area contributed by atoms with Crippen LogP contribution in [0.2, 0.25) is 0 Å². The molecule has 1 aliphatic rings. The molecule has 1 fully saturated rings. The second kappa shape index (κ2) is 11.1. The molecule has 25 heavy (non-hydrogen) atoms. The third-order valence-electron chi connectivity index (χ3n) is 4.85. The van der Waals surface area contributed by atoms with E-state index in [1.807, 2.05) is 18.2 Å². The van der Waals surface area contributed by atoms with Gasteiger partial charge in [-0.3, -0.25) is 9.59 Å². The minimum atomic E-state index is -0.0864. The molecule has 140 valence electrons. The Bertz CT molecular complexity index is 559. The zero-order chi connectivity index (χ0) is 17.4. The van der Waals surface area contributed by atoms with Crippen LogP contribution in [0.15, 0.2) is 24.3 Å². The van der Waals surface area contributed by atoms with Gasteiger partial charge in [-0.05, 0) is 61.9 Å². The standard InChI is InChI=1S/C19H29N3O2.ClH/c1-14(16-7-9-21-10-8-16)12-18(23)22-11-6-15-4-3-5-17(13-15)19(24)20-2;/h3-5,13-14,16,21H,6-12H2,1-2H3,(H,20,24)(H,22,23);1H. The summed E-state index contributed by atoms with van der Waals surface area (Å²) in [4.78, 5) is 23.8. The Morgan fingerprint density at radius 1 is 1.28 bits per heavy atom. The molecule has 1 aliphatic heterocycles. The number of nitrogens with one attached hydrogen (secondary N) is 3. The lowest BCUT2D eigenvalue weighted by Gasteiger charge is -2.27. The molecule has 0 aliphatic carbocycles. The maximum absolute atomic E-state index is 12.1. The van der Waals surface area contributed by atoms with Crippen LogP contribution in [0.5, 0.6) is 0 Å². The molecular formula is C19H30ClN3O2. The summed E-state index contributed by atoms with van der Waals surface area (Å²) >= 11 is 0. The average Bonchev–Trinajstić information content (AvgIpc) is 2.62. The molecule has 2 amide bonds. The van der Waals surface area contributed by atoms with Gasteiger partial charge in [0.1, 0.15) is 0 Å². The summed E-state index contributed by atoms with van der Waals surface area (Å²) in [5.74, 6) is 1.13. The molecule has 1 atom stereocenters. The van der Waals surface area contributed by atoms with Gasteiger partial charge in [-0.2, -0.15) is 0 Å². The molecule has 6 heteroatoms. The van der Waals surface area contributed by atoms with Gasteiger partial charge in [-0.25, -0.2) is 0 Å². The highest BCUT2D eigenvalue weighted by Crippen LogP contribution is 2.24. The number of benzene rings is 1. The van der Waals surface area contributed by atoms with Crippen LogP contribution in [0.25, 0.3) is 0 Å². The Balaban J connectivity index is 0.00000312. The van der Waals surface area contributed by atoms with Gasteiger partial charge in [0.25, 0.3) is 5.91 Å². The smallest absolute Gasteiger partial charge is 0.251 e. The highest BCUT2D eigenvalue weighted by molar-refractivity contribution is 5.94. The highest BCUT2D eigenvalue weighted by atomic mass is 35.5. The maximum atomic E-state index is 12.1. The number of carbonyl (C=O) groups is 2. The van der Waals surface area contributed by atoms with Crippen LogP contribution in [0, 0.1) is 11.8 Å². The van der Waals surface area contributed by atoms with Crippen molar-refractivity contribution >= 4 is 24.2 Å². The van der Waals surface area contributed by atoms with Crippen molar-refractivity contribution in [1.29, 1.82) is 0 Å². The fourth-order valence-electron chi connectivity index (χ4n) is 3.30. The molecule has 1 aromatic carbocycles. The molecule has 0 saturated carbocycles. The zero-order valence-electron chi connectivity index (χ0n) is 15.1. The first kappa shape index (κ1) is 21.5. The normalized spacial score (nSPS) is 15.8. The Labute approximate surface area is 156 Å². The van der Waals surface area contributed by atoms with E-state index in [-0.39, 0.29) is 24.2 Å². The van der Waals surface area contributed by atoms with E-state index >= 15 is 0 Å². The summed E-state index contributed by atoms with van der Waals surface area (Å²) < 4.78 is 0. The molecule has 1 aromatic rings. The molecule has 0 bridgehead atoms. The summed E-state index contributed by atoms with van der Waals surface area (Å²) in [6.07, 6.45) is 3.67. The van der Waals surface area contributed by atoms with E-state index in [1.54, 1.807) is 13.1 Å². The third kappa shape index (κ3) is 7.04. The highest BCUT2D eigenvalue weighted by Gasteiger charge is 2.21. The van der Waals surface area contributed by atoms with Crippen LogP contribution in [-0.2, 0) is 11.2 Å². The van der Waals surface area contributed by atoms with Crippen molar-refractivity contribution in [2.45, 2.75) is 32.6 Å². The number of carbonyl (C=O) groups excluding carboxylic acids is 2. The number of hydrogen-bond acceptors (Lipinski definition) is 3. The molecule has 1 heterocycles. The average molecular weight is 368 g/mol. The van der Waals surface area contributed by atoms with Crippen LogP contribution in [0.3, 0.4) is 0 Å². The molecule has 3 N–H and O–H groups in total. The third-order valence-corrected chi connectivity index (χ3v) is 4.85. The lowest BCUT2D eigenvalue weighted by atomic mass is 9.84. The van der Waals surface area contributed by atoms with Crippen molar-refractivity contribution in [2.24, 2.45) is 11.8 Å². The van der Waals surface area contributed by atoms with E-state index in [9.17, 15) is 9.59 Å². The van der Waals surface area contributed by atoms with Crippen molar-refractivity contribution in [3.8, 4) is 0 Å². The van der Waals surface area contributed by atoms with Gasteiger partial charge in [0.15, 0.2) is 0 Å². The van der Waals surface area contributed by atoms with Crippen LogP contribution in [-0.4, -0.2) is 38.5 Å². The fourth-order valence-corrected chi connectivity index (χ4v) is 3.30. The monoisotopic (exact) mass is 367 g/mol. The largest absolute Gasteiger partial charge is 0.356 e. The number of halogens is 1. The van der Waals surface area contributed by atoms with E-state index in [1.165, 1.54) is 12.8 Å². The second-order valence-corrected chi connectivity index (χ2v) is 6.65. The number of piperidine rings is 1. The van der Waals surface area contributed by atoms with Gasteiger partial charge in [0.2, 0.25) is 5.91 Å². The first-order valence-corrected chi connectivity index (χ1v) is 8.88. The molecule has 0 spiro atoms. The number of rotatable bonds is 7. The first-order valence-electron chi connectivity index (χ1n) is 8.88. The van der Waals surface area contributed by atoms with Crippen LogP contribution in [0.4, 0.5) is 0 Å². The summed E-state index contributed by atoms with van der Waals surface area (Å²) in [6, 6.07) is 7.53. The van der Waals surface area contributed by atoms with Crippen LogP contribution >= 0.6 is 12.4 Å². The van der Waals surface area contributed by atoms with Gasteiger partial charge >= 0.3 is 0 Å². The summed E-state index contributed by atoms with van der Waals surface area (Å²) in [7, 11) is 1.62. The van der Waals surface area contributed by atoms with Gasteiger partial charge < -0.3 is 16.0 Å². The minimum absolute atomic E-state index is 0. The van der Waals surface area contributed by atoms with Gasteiger partial charge in [-0.15, -0.1) is 12.4 Å². The Kier molecular flexibility index (Phi) is 9.53. The van der Waals surface area contributed by atoms with E-state index in [0.29, 0.717) is 30.4 Å². The summed E-state index contributed by atoms with van der Waals surface area (Å²) in [6.45, 7) is 4.92. The number of hydrogen-bond donors (Lipinski definition) is 3. The van der Waals surface area contributed by atoms with Crippen molar-refractivity contribution in [2.75, 3.05) is 26.7 Å². The van der Waals surface area contributed by atoms with Crippen LogP contribution < -0.4 is 16.0 Å². The molecule has 2 rings (SSSR count). The van der Waals surface area contributed by atoms with Crippen molar-refractivity contribution in [3.05, 3.63) is 35.4 Å². The van der Waals surface area contributed by atoms with Gasteiger partial charge in [-0.1, -0.05) is 19.1 Å². The quantitative estimate of drug-likeness (QED) is 0.691. The van der Waals surface area contributed by atoms with Gasteiger partial charge in [0, 0.05) is 25.6 Å². The van der Waals surface area contributed by atoms with Crippen molar-refractivity contribution in [3.63, 3.8) is 0 Å². The zero-order valence-corrected chi connectivity index (χ0v) is 16.0. The molecular weight excluding hydrogens is 338 g/mol. The Morgan fingerprint density at radius 3 is 2.68 bits per heavy atom. The Hall–Kier alpha value is -1.59. The minimum Gasteiger partial charge on any atom is -0.356 e. The number of amides is 2. The molecule has 1 unspecified atom stereocenters. The van der Waals surface area contributed by atoms with E-state index in [0.717, 1.165) is 25.1 Å². The van der Waals surface area contributed by atoms with E-state index in [2.05, 4.69) is 22.9 Å². The predicted octanol–water partition coefficient (Wildman–Crippen LogP) is 2.15. The maximum Gasteiger partial charge on any atom is 0.251 e. The first-order chi connectivity index (χ1) is 11.6. The summed E-state index contributed by atoms with van der Waals surface area (Å²) in [5, 5.41) is 8.99. The predicted molar refractivity (Wildman–Crippen MR) is 103 cm³/mol. The second-order valence-electron chi connectivity index (χ2n) is 6.65. The fraction of sp³-hybridized carbons (Fsp3) is 0.579. The van der Waals surface area contributed by atoms with Gasteiger partial charge in [0.05, 0.1) is 0 Å². The lowest BCUT2D eigenvalue weighted by Crippen LogP contribution is -2.34. The van der Waals surface area contributed by atoms with E-state index in [4.69, 9.17) is 0 Å². The summed E-state index contributed by atoms with van der Waals surface area (Å²) in [5.41, 5.74) is 1.71. The van der Waals surface area contributed by atoms with Crippen molar-refractivity contribution < 1.29 is 9.59 Å². The molecule has 5 nitrogen and oxygen atoms in total. The Morgan fingerprint density at radius 2 is 2.00 bits per heavy atom. The van der Waals surface area contributed by atoms with Crippen molar-refractivity contribution in [1.82, 2.24) is 16.0 Å². The SMILES string of the molecule is CNC(=O)c1cccc(CCNC(=O)CC(C)C2CCNCC2)c1.Cl. The topological polar surface area (TPSA) is 70.2 Å². The van der Waals surface area contributed by atoms with Crippen LogP contribution in [0.1, 0.15) is 42.1 Å². The molecule has 0 aromatic heterocycles. The molecule has 1 saturated heterocycles. The molecule has 0 radical (unpaired) electrons. The van der Waals surface area contributed by atoms with E-state index < -0.39 is 0 Å². The lowest BCUT2D eigenvalue weighted by molar-refractivity contribution is -0.122.